The van der Waals surface area contributed by atoms with Gasteiger partial charge in [0.1, 0.15) is 17.1 Å². The van der Waals surface area contributed by atoms with Crippen LogP contribution < -0.4 is 5.32 Å². The number of carbonyl (C=O) groups is 3. The highest BCUT2D eigenvalue weighted by molar-refractivity contribution is 8.00. The zero-order valence-corrected chi connectivity index (χ0v) is 21.1. The molecule has 0 aliphatic carbocycles. The number of nitrogens with one attached hydrogen (secondary N) is 1. The summed E-state index contributed by atoms with van der Waals surface area (Å²) in [6.45, 7) is -0.608. The summed E-state index contributed by atoms with van der Waals surface area (Å²) in [5.74, 6) is -1.31. The molecule has 0 radical (unpaired) electrons. The van der Waals surface area contributed by atoms with E-state index in [0.717, 1.165) is 11.1 Å². The minimum absolute atomic E-state index is 0.0193. The summed E-state index contributed by atoms with van der Waals surface area (Å²) in [7, 11) is 0. The molecule has 9 heteroatoms. The first kappa shape index (κ1) is 25.7. The Balaban J connectivity index is 1.37. The van der Waals surface area contributed by atoms with Gasteiger partial charge in [0.25, 0.3) is 11.8 Å². The molecule has 3 aromatic rings. The highest BCUT2D eigenvalue weighted by atomic mass is 32.2. The summed E-state index contributed by atoms with van der Waals surface area (Å²) in [4.78, 5) is 40.9. The molecule has 38 heavy (non-hydrogen) atoms. The van der Waals surface area contributed by atoms with Gasteiger partial charge in [0.15, 0.2) is 6.10 Å². The first-order valence-electron chi connectivity index (χ1n) is 12.1. The molecule has 2 aliphatic heterocycles. The average Bonchev–Trinajstić information content (AvgIpc) is 2.98. The molecule has 2 heterocycles. The number of aliphatic hydroxyl groups is 2. The van der Waals surface area contributed by atoms with Crippen molar-refractivity contribution in [1.29, 1.82) is 0 Å². The topological polar surface area (TPSA) is 116 Å². The second-order valence-corrected chi connectivity index (χ2v) is 10.0. The summed E-state index contributed by atoms with van der Waals surface area (Å²) in [5.41, 5.74) is 2.85. The third-order valence-electron chi connectivity index (χ3n) is 6.52. The standard InChI is InChI=1S/C29H26N2O6S/c32-15-18-8-7-13-21(14-18)26(34)30-23-27(35)31-24(22(16-33)17-38-28(23)31)29(36)37-25(19-9-3-1-4-10-19)20-11-5-2-6-12-20/h1-14,23,25,28,32-33H,15-17H2,(H,30,34)/t23-,28-/m0/s1. The van der Waals surface area contributed by atoms with Crippen molar-refractivity contribution >= 4 is 29.5 Å². The van der Waals surface area contributed by atoms with Gasteiger partial charge in [0, 0.05) is 11.3 Å². The SMILES string of the molecule is O=C(OC(c1ccccc1)c1ccccc1)C1=C(CO)CS[C@H]2[C@@H](NC(=O)c3cccc(CO)c3)C(=O)N12. The fourth-order valence-electron chi connectivity index (χ4n) is 4.58. The van der Waals surface area contributed by atoms with Crippen molar-refractivity contribution in [2.45, 2.75) is 24.1 Å². The second kappa shape index (κ2) is 11.2. The fraction of sp³-hybridized carbons (Fsp3) is 0.207. The fourth-order valence-corrected chi connectivity index (χ4v) is 5.91. The second-order valence-electron chi connectivity index (χ2n) is 8.94. The third kappa shape index (κ3) is 4.96. The van der Waals surface area contributed by atoms with Crippen LogP contribution in [-0.4, -0.2) is 56.7 Å². The lowest BCUT2D eigenvalue weighted by Crippen LogP contribution is -2.70. The molecule has 2 aliphatic rings. The van der Waals surface area contributed by atoms with Crippen molar-refractivity contribution in [3.63, 3.8) is 0 Å². The minimum atomic E-state index is -0.840. The van der Waals surface area contributed by atoms with Crippen molar-refractivity contribution in [3.8, 4) is 0 Å². The van der Waals surface area contributed by atoms with Crippen LogP contribution in [0.5, 0.6) is 0 Å². The van der Waals surface area contributed by atoms with Crippen LogP contribution in [0.2, 0.25) is 0 Å². The highest BCUT2D eigenvalue weighted by Crippen LogP contribution is 2.41. The first-order valence-corrected chi connectivity index (χ1v) is 13.2. The monoisotopic (exact) mass is 530 g/mol. The summed E-state index contributed by atoms with van der Waals surface area (Å²) < 4.78 is 5.98. The van der Waals surface area contributed by atoms with Crippen LogP contribution in [0.1, 0.15) is 33.2 Å². The number of nitrogens with zero attached hydrogens (tertiary/aromatic N) is 1. The Bertz CT molecular complexity index is 1340. The van der Waals surface area contributed by atoms with Crippen LogP contribution in [0.3, 0.4) is 0 Å². The van der Waals surface area contributed by atoms with E-state index in [1.54, 1.807) is 24.3 Å². The molecule has 194 valence electrons. The predicted molar refractivity (Wildman–Crippen MR) is 142 cm³/mol. The Morgan fingerprint density at radius 2 is 1.61 bits per heavy atom. The molecule has 0 unspecified atom stereocenters. The number of hydrogen-bond acceptors (Lipinski definition) is 7. The van der Waals surface area contributed by atoms with Crippen LogP contribution in [0.4, 0.5) is 0 Å². The molecule has 0 aromatic heterocycles. The smallest absolute Gasteiger partial charge is 0.356 e. The Morgan fingerprint density at radius 3 is 2.21 bits per heavy atom. The molecule has 0 bridgehead atoms. The lowest BCUT2D eigenvalue weighted by Gasteiger charge is -2.49. The number of carbonyl (C=O) groups excluding carboxylic acids is 3. The molecule has 0 saturated carbocycles. The average molecular weight is 531 g/mol. The molecular weight excluding hydrogens is 504 g/mol. The zero-order valence-electron chi connectivity index (χ0n) is 20.3. The lowest BCUT2D eigenvalue weighted by atomic mass is 10.0. The van der Waals surface area contributed by atoms with E-state index in [1.165, 1.54) is 16.7 Å². The molecule has 1 saturated heterocycles. The number of aliphatic hydroxyl groups excluding tert-OH is 2. The number of esters is 1. The van der Waals surface area contributed by atoms with E-state index in [9.17, 15) is 24.6 Å². The normalized spacial score (nSPS) is 18.6. The van der Waals surface area contributed by atoms with Gasteiger partial charge in [-0.1, -0.05) is 72.8 Å². The zero-order chi connectivity index (χ0) is 26.6. The van der Waals surface area contributed by atoms with Crippen molar-refractivity contribution in [3.05, 3.63) is 118 Å². The van der Waals surface area contributed by atoms with Crippen LogP contribution >= 0.6 is 11.8 Å². The van der Waals surface area contributed by atoms with Gasteiger partial charge in [-0.25, -0.2) is 4.79 Å². The van der Waals surface area contributed by atoms with E-state index in [4.69, 9.17) is 4.74 Å². The number of hydrogen-bond donors (Lipinski definition) is 3. The Morgan fingerprint density at radius 1 is 0.947 bits per heavy atom. The predicted octanol–water partition coefficient (Wildman–Crippen LogP) is 2.77. The van der Waals surface area contributed by atoms with E-state index in [-0.39, 0.29) is 12.3 Å². The lowest BCUT2D eigenvalue weighted by molar-refractivity contribution is -0.153. The van der Waals surface area contributed by atoms with E-state index >= 15 is 0 Å². The molecule has 2 amide bonds. The molecule has 8 nitrogen and oxygen atoms in total. The highest BCUT2D eigenvalue weighted by Gasteiger charge is 2.54. The number of β-lactam (4-membered cyclic amide) rings is 1. The van der Waals surface area contributed by atoms with Gasteiger partial charge in [-0.05, 0) is 34.4 Å². The third-order valence-corrected chi connectivity index (χ3v) is 7.86. The van der Waals surface area contributed by atoms with Gasteiger partial charge in [0.05, 0.1) is 13.2 Å². The van der Waals surface area contributed by atoms with Crippen molar-refractivity contribution in [2.75, 3.05) is 12.4 Å². The van der Waals surface area contributed by atoms with Gasteiger partial charge >= 0.3 is 5.97 Å². The summed E-state index contributed by atoms with van der Waals surface area (Å²) in [6.07, 6.45) is -0.712. The van der Waals surface area contributed by atoms with Gasteiger partial charge in [-0.2, -0.15) is 0 Å². The Kier molecular flexibility index (Phi) is 7.59. The van der Waals surface area contributed by atoms with Crippen LogP contribution in [0.15, 0.2) is 96.2 Å². The maximum atomic E-state index is 13.6. The molecule has 1 fully saturated rings. The van der Waals surface area contributed by atoms with E-state index in [1.807, 2.05) is 60.7 Å². The number of fused-ring (bicyclic) bond motifs is 1. The van der Waals surface area contributed by atoms with Crippen LogP contribution in [-0.2, 0) is 20.9 Å². The molecule has 0 spiro atoms. The first-order chi connectivity index (χ1) is 18.5. The summed E-state index contributed by atoms with van der Waals surface area (Å²) in [6, 6.07) is 24.3. The van der Waals surface area contributed by atoms with Gasteiger partial charge in [0.2, 0.25) is 0 Å². The van der Waals surface area contributed by atoms with Crippen molar-refractivity contribution in [2.24, 2.45) is 0 Å². The van der Waals surface area contributed by atoms with Crippen LogP contribution in [0.25, 0.3) is 0 Å². The molecule has 3 aromatic carbocycles. The van der Waals surface area contributed by atoms with Gasteiger partial charge < -0.3 is 20.3 Å². The van der Waals surface area contributed by atoms with Gasteiger partial charge in [-0.3, -0.25) is 14.5 Å². The Hall–Kier alpha value is -3.92. The van der Waals surface area contributed by atoms with Crippen molar-refractivity contribution in [1.82, 2.24) is 10.2 Å². The number of benzene rings is 3. The van der Waals surface area contributed by atoms with Gasteiger partial charge in [-0.15, -0.1) is 11.8 Å². The molecule has 3 N–H and O–H groups in total. The number of thioether (sulfide) groups is 1. The Labute approximate surface area is 223 Å². The molecular formula is C29H26N2O6S. The largest absolute Gasteiger partial charge is 0.448 e. The van der Waals surface area contributed by atoms with Crippen LogP contribution in [0, 0.1) is 0 Å². The van der Waals surface area contributed by atoms with E-state index < -0.39 is 41.9 Å². The quantitative estimate of drug-likeness (QED) is 0.303. The molecule has 2 atom stereocenters. The summed E-state index contributed by atoms with van der Waals surface area (Å²) >= 11 is 1.36. The van der Waals surface area contributed by atoms with Crippen molar-refractivity contribution < 1.29 is 29.3 Å². The summed E-state index contributed by atoms with van der Waals surface area (Å²) in [5, 5.41) is 21.6. The number of ether oxygens (including phenoxy) is 1. The molecule has 5 rings (SSSR count). The maximum Gasteiger partial charge on any atom is 0.356 e. The van der Waals surface area contributed by atoms with E-state index in [0.29, 0.717) is 22.5 Å². The maximum absolute atomic E-state index is 13.6. The number of rotatable bonds is 8. The number of amides is 2. The van der Waals surface area contributed by atoms with E-state index in [2.05, 4.69) is 5.32 Å². The minimum Gasteiger partial charge on any atom is -0.448 e.